The molecule has 0 aliphatic carbocycles. The van der Waals surface area contributed by atoms with Crippen molar-refractivity contribution in [3.8, 4) is 6.01 Å². The summed E-state index contributed by atoms with van der Waals surface area (Å²) in [6, 6.07) is 0.311. The molecule has 3 saturated heterocycles. The van der Waals surface area contributed by atoms with E-state index >= 15 is 0 Å². The SMILES string of the molecule is Cn1nc(I)c2sc3nc(OC[C@@]45CCCN4C/C(=C\F)C5)nc(N4CCOC[C@@](C)(O)C4)c3c21. The molecule has 2 atom stereocenters. The number of fused-ring (bicyclic) bond motifs is 4. The fourth-order valence-corrected chi connectivity index (χ4v) is 7.73. The molecule has 0 spiro atoms. The lowest BCUT2D eigenvalue weighted by atomic mass is 9.94. The Morgan fingerprint density at radius 2 is 2.20 bits per heavy atom. The minimum Gasteiger partial charge on any atom is -0.461 e. The molecule has 35 heavy (non-hydrogen) atoms. The van der Waals surface area contributed by atoms with Crippen LogP contribution in [0.2, 0.25) is 0 Å². The van der Waals surface area contributed by atoms with Crippen LogP contribution in [0.15, 0.2) is 11.9 Å². The third-order valence-corrected chi connectivity index (χ3v) is 9.50. The van der Waals surface area contributed by atoms with E-state index in [0.29, 0.717) is 45.3 Å². The molecule has 0 radical (unpaired) electrons. The van der Waals surface area contributed by atoms with Crippen molar-refractivity contribution in [3.63, 3.8) is 0 Å². The largest absolute Gasteiger partial charge is 0.461 e. The lowest BCUT2D eigenvalue weighted by molar-refractivity contribution is -0.0123. The number of hydrogen-bond acceptors (Lipinski definition) is 9. The summed E-state index contributed by atoms with van der Waals surface area (Å²) in [5, 5.41) is 16.4. The minimum absolute atomic E-state index is 0.198. The molecule has 0 saturated carbocycles. The van der Waals surface area contributed by atoms with Crippen molar-refractivity contribution in [2.75, 3.05) is 50.9 Å². The van der Waals surface area contributed by atoms with E-state index in [2.05, 4.69) is 37.5 Å². The van der Waals surface area contributed by atoms with Crippen LogP contribution >= 0.6 is 33.9 Å². The standard InChI is InChI=1S/C23H28FIN6O3S/c1-22(32)11-30(6-7-33-12-22)19-15-16-17(18(25)28-29(16)2)35-20(15)27-21(26-19)34-13-23-4-3-5-31(23)10-14(8-23)9-24/h9,32H,3-8,10-13H2,1-2H3/b14-9-/t22-,23-/m0/s1. The first kappa shape index (κ1) is 23.8. The number of thiophene rings is 1. The fraction of sp³-hybridized carbons (Fsp3) is 0.609. The van der Waals surface area contributed by atoms with Crippen LogP contribution in [0.4, 0.5) is 10.2 Å². The monoisotopic (exact) mass is 614 g/mol. The quantitative estimate of drug-likeness (QED) is 0.449. The fourth-order valence-electron chi connectivity index (χ4n) is 5.75. The van der Waals surface area contributed by atoms with Crippen LogP contribution in [-0.4, -0.2) is 86.9 Å². The van der Waals surface area contributed by atoms with Gasteiger partial charge in [-0.1, -0.05) is 0 Å². The van der Waals surface area contributed by atoms with Gasteiger partial charge in [-0.3, -0.25) is 9.58 Å². The van der Waals surface area contributed by atoms with E-state index in [9.17, 15) is 9.50 Å². The van der Waals surface area contributed by atoms with Gasteiger partial charge in [0.1, 0.15) is 26.6 Å². The zero-order valence-corrected chi connectivity index (χ0v) is 22.7. The Morgan fingerprint density at radius 1 is 1.34 bits per heavy atom. The maximum Gasteiger partial charge on any atom is 0.319 e. The number of aromatic nitrogens is 4. The van der Waals surface area contributed by atoms with E-state index in [0.717, 1.165) is 61.2 Å². The highest BCUT2D eigenvalue weighted by molar-refractivity contribution is 14.1. The van der Waals surface area contributed by atoms with E-state index in [1.165, 1.54) is 0 Å². The van der Waals surface area contributed by atoms with Gasteiger partial charge in [0, 0.05) is 20.1 Å². The Morgan fingerprint density at radius 3 is 3.03 bits per heavy atom. The molecular weight excluding hydrogens is 586 g/mol. The number of β-amino-alcohol motifs (C(OH)–C–C–N with tert-alkyl or cyclic N) is 1. The Hall–Kier alpha value is -1.61. The first-order chi connectivity index (χ1) is 16.8. The van der Waals surface area contributed by atoms with Gasteiger partial charge in [-0.2, -0.15) is 15.1 Å². The average molecular weight is 614 g/mol. The number of rotatable bonds is 4. The predicted octanol–water partition coefficient (Wildman–Crippen LogP) is 3.24. The highest BCUT2D eigenvalue weighted by Gasteiger charge is 2.47. The summed E-state index contributed by atoms with van der Waals surface area (Å²) < 4.78 is 29.1. The molecule has 3 aromatic rings. The molecule has 12 heteroatoms. The summed E-state index contributed by atoms with van der Waals surface area (Å²) in [6.45, 7) is 5.55. The van der Waals surface area contributed by atoms with Crippen LogP contribution in [-0.2, 0) is 11.8 Å². The normalized spacial score (nSPS) is 28.9. The Bertz CT molecular complexity index is 1330. The Labute approximate surface area is 220 Å². The molecule has 3 fully saturated rings. The van der Waals surface area contributed by atoms with E-state index in [-0.39, 0.29) is 12.1 Å². The molecule has 0 aromatic carbocycles. The van der Waals surface area contributed by atoms with Gasteiger partial charge in [0.05, 0.1) is 47.2 Å². The maximum absolute atomic E-state index is 13.3. The molecular formula is C23H28FIN6O3S. The summed E-state index contributed by atoms with van der Waals surface area (Å²) in [5.41, 5.74) is 0.599. The van der Waals surface area contributed by atoms with Gasteiger partial charge in [-0.05, 0) is 60.9 Å². The van der Waals surface area contributed by atoms with Crippen molar-refractivity contribution in [2.45, 2.75) is 37.3 Å². The van der Waals surface area contributed by atoms with Crippen LogP contribution in [0.5, 0.6) is 6.01 Å². The molecule has 6 heterocycles. The summed E-state index contributed by atoms with van der Waals surface area (Å²) >= 11 is 3.82. The number of halogens is 2. The van der Waals surface area contributed by atoms with Crippen molar-refractivity contribution in [2.24, 2.45) is 7.05 Å². The summed E-state index contributed by atoms with van der Waals surface area (Å²) in [6.07, 6.45) is 3.48. The van der Waals surface area contributed by atoms with Crippen molar-refractivity contribution in [1.82, 2.24) is 24.6 Å². The van der Waals surface area contributed by atoms with Gasteiger partial charge in [0.2, 0.25) is 0 Å². The summed E-state index contributed by atoms with van der Waals surface area (Å²) in [7, 11) is 1.93. The second-order valence-corrected chi connectivity index (χ2v) is 12.2. The molecule has 0 bridgehead atoms. The lowest BCUT2D eigenvalue weighted by Gasteiger charge is -2.31. The summed E-state index contributed by atoms with van der Waals surface area (Å²) in [5.74, 6) is 0.720. The molecule has 0 amide bonds. The van der Waals surface area contributed by atoms with Crippen molar-refractivity contribution in [3.05, 3.63) is 15.6 Å². The van der Waals surface area contributed by atoms with E-state index in [1.54, 1.807) is 18.3 Å². The van der Waals surface area contributed by atoms with Gasteiger partial charge in [0.15, 0.2) is 0 Å². The molecule has 3 aliphatic heterocycles. The predicted molar refractivity (Wildman–Crippen MR) is 141 cm³/mol. The van der Waals surface area contributed by atoms with Crippen molar-refractivity contribution < 1.29 is 19.0 Å². The van der Waals surface area contributed by atoms with Gasteiger partial charge >= 0.3 is 6.01 Å². The van der Waals surface area contributed by atoms with Crippen molar-refractivity contribution in [1.29, 1.82) is 0 Å². The maximum atomic E-state index is 13.3. The second kappa shape index (κ2) is 8.75. The Balaban J connectivity index is 1.42. The van der Waals surface area contributed by atoms with E-state index in [1.807, 2.05) is 11.7 Å². The molecule has 9 nitrogen and oxygen atoms in total. The number of ether oxygens (including phenoxy) is 2. The lowest BCUT2D eigenvalue weighted by Crippen LogP contribution is -2.43. The topological polar surface area (TPSA) is 88.8 Å². The van der Waals surface area contributed by atoms with Crippen LogP contribution < -0.4 is 9.64 Å². The molecule has 1 N–H and O–H groups in total. The van der Waals surface area contributed by atoms with Crippen LogP contribution in [0.3, 0.4) is 0 Å². The smallest absolute Gasteiger partial charge is 0.319 e. The number of anilines is 1. The average Bonchev–Trinajstić information content (AvgIpc) is 3.51. The molecule has 3 aromatic heterocycles. The van der Waals surface area contributed by atoms with Crippen LogP contribution in [0.1, 0.15) is 26.2 Å². The molecule has 3 aliphatic rings. The van der Waals surface area contributed by atoms with Gasteiger partial charge in [0.25, 0.3) is 0 Å². The van der Waals surface area contributed by atoms with Crippen molar-refractivity contribution >= 4 is 60.2 Å². The van der Waals surface area contributed by atoms with Gasteiger partial charge < -0.3 is 19.5 Å². The highest BCUT2D eigenvalue weighted by Crippen LogP contribution is 2.43. The number of aliphatic hydroxyl groups is 1. The molecule has 0 unspecified atom stereocenters. The van der Waals surface area contributed by atoms with E-state index < -0.39 is 5.60 Å². The Kier molecular flexibility index (Phi) is 5.94. The first-order valence-electron chi connectivity index (χ1n) is 11.8. The zero-order valence-electron chi connectivity index (χ0n) is 19.8. The zero-order chi connectivity index (χ0) is 24.4. The second-order valence-electron chi connectivity index (χ2n) is 10.2. The van der Waals surface area contributed by atoms with Gasteiger partial charge in [-0.15, -0.1) is 11.3 Å². The minimum atomic E-state index is -1.01. The molecule has 6 rings (SSSR count). The van der Waals surface area contributed by atoms with Gasteiger partial charge in [-0.25, -0.2) is 4.39 Å². The highest BCUT2D eigenvalue weighted by atomic mass is 127. The number of nitrogens with zero attached hydrogens (tertiary/aromatic N) is 6. The van der Waals surface area contributed by atoms with Crippen LogP contribution in [0, 0.1) is 3.70 Å². The van der Waals surface area contributed by atoms with E-state index in [4.69, 9.17) is 19.4 Å². The van der Waals surface area contributed by atoms with Crippen LogP contribution in [0.25, 0.3) is 20.4 Å². The molecule has 188 valence electrons. The number of aryl methyl sites for hydroxylation is 1. The number of hydrogen-bond donors (Lipinski definition) is 1. The summed E-state index contributed by atoms with van der Waals surface area (Å²) in [4.78, 5) is 14.9. The first-order valence-corrected chi connectivity index (χ1v) is 13.7. The third kappa shape index (κ3) is 4.10. The third-order valence-electron chi connectivity index (χ3n) is 7.30.